The number of para-hydroxylation sites is 3. The third-order valence-corrected chi connectivity index (χ3v) is 15.4. The fraction of sp³-hybridized carbons (Fsp3) is 0.0435. The number of aromatic nitrogens is 2. The van der Waals surface area contributed by atoms with Gasteiger partial charge in [0.25, 0.3) is 0 Å². The molecule has 0 N–H and O–H groups in total. The number of amidine groups is 1. The molecule has 3 aromatic heterocycles. The summed E-state index contributed by atoms with van der Waals surface area (Å²) in [4.78, 5) is 11.5. The van der Waals surface area contributed by atoms with Crippen molar-refractivity contribution in [1.82, 2.24) is 9.13 Å². The zero-order valence-electron chi connectivity index (χ0n) is 40.6. The van der Waals surface area contributed by atoms with Crippen LogP contribution in [-0.4, -0.2) is 20.7 Å². The van der Waals surface area contributed by atoms with E-state index in [9.17, 15) is 0 Å². The third kappa shape index (κ3) is 6.70. The van der Waals surface area contributed by atoms with Gasteiger partial charge >= 0.3 is 0 Å². The summed E-state index contributed by atoms with van der Waals surface area (Å²) in [6.07, 6.45) is 3.06. The van der Waals surface area contributed by atoms with Gasteiger partial charge in [0.1, 0.15) is 11.2 Å². The fourth-order valence-corrected chi connectivity index (χ4v) is 11.8. The van der Waals surface area contributed by atoms with Gasteiger partial charge in [-0.25, -0.2) is 9.98 Å². The molecular weight excluding hydrogens is 901 g/mol. The van der Waals surface area contributed by atoms with Crippen LogP contribution in [0.2, 0.25) is 0 Å². The smallest absolute Gasteiger partial charge is 0.160 e. The van der Waals surface area contributed by atoms with Gasteiger partial charge in [0.05, 0.1) is 39.2 Å². The molecule has 1 unspecified atom stereocenters. The van der Waals surface area contributed by atoms with Crippen molar-refractivity contribution in [3.63, 3.8) is 0 Å². The van der Waals surface area contributed by atoms with E-state index in [0.29, 0.717) is 12.3 Å². The molecule has 1 aliphatic heterocycles. The van der Waals surface area contributed by atoms with Gasteiger partial charge in [-0.3, -0.25) is 0 Å². The van der Waals surface area contributed by atoms with E-state index in [1.807, 2.05) is 6.07 Å². The van der Waals surface area contributed by atoms with Crippen molar-refractivity contribution in [2.75, 3.05) is 0 Å². The Morgan fingerprint density at radius 1 is 0.405 bits per heavy atom. The van der Waals surface area contributed by atoms with Gasteiger partial charge in [-0.2, -0.15) is 0 Å². The average Bonchev–Trinajstić information content (AvgIpc) is 4.10. The maximum Gasteiger partial charge on any atom is 0.160 e. The number of allylic oxidation sites excluding steroid dienone is 1. The molecule has 0 saturated carbocycles. The lowest BCUT2D eigenvalue weighted by Gasteiger charge is -2.20. The minimum Gasteiger partial charge on any atom is -0.456 e. The van der Waals surface area contributed by atoms with Gasteiger partial charge in [-0.15, -0.1) is 0 Å². The van der Waals surface area contributed by atoms with Crippen molar-refractivity contribution < 1.29 is 4.42 Å². The van der Waals surface area contributed by atoms with E-state index in [1.54, 1.807) is 0 Å². The highest BCUT2D eigenvalue weighted by atomic mass is 16.3. The Morgan fingerprint density at radius 2 is 1.04 bits per heavy atom. The predicted molar refractivity (Wildman–Crippen MR) is 311 cm³/mol. The topological polar surface area (TPSA) is 47.7 Å². The van der Waals surface area contributed by atoms with Gasteiger partial charge in [-0.05, 0) is 99.3 Å². The molecule has 0 bridgehead atoms. The van der Waals surface area contributed by atoms with Crippen LogP contribution in [-0.2, 0) is 0 Å². The summed E-state index contributed by atoms with van der Waals surface area (Å²) in [5.74, 6) is 0.683. The Kier molecular flexibility index (Phi) is 9.54. The first-order chi connectivity index (χ1) is 36.6. The molecule has 0 amide bonds. The standard InChI is InChI=1S/C69H46N4O/c1-43-28-36-59(57-41-56-55-25-13-15-27-65(55)74-66(56)42-64(57)73-61-37-34-46-18-10-11-23-52(46)67(61)58-38-48-19-8-9-20-49(48)39-63(58)73)70-69(47-31-29-45(30-32-47)44-16-4-2-5-17-44)71-68(43)50-33-35-54-53-24-12-14-26-60(53)72(62(54)40-50)51-21-6-3-7-22-51/h2-27,29-43H,28H2,1H3/b59-36+,70-69-,71-68+. The van der Waals surface area contributed by atoms with Crippen LogP contribution in [0.1, 0.15) is 30.0 Å². The first kappa shape index (κ1) is 42.1. The van der Waals surface area contributed by atoms with Crippen molar-refractivity contribution in [1.29, 1.82) is 0 Å². The summed E-state index contributed by atoms with van der Waals surface area (Å²) >= 11 is 0. The molecule has 0 spiro atoms. The van der Waals surface area contributed by atoms with Crippen LogP contribution in [0.5, 0.6) is 0 Å². The average molecular weight is 947 g/mol. The number of benzene rings is 11. The van der Waals surface area contributed by atoms with Crippen molar-refractivity contribution in [2.45, 2.75) is 13.3 Å². The first-order valence-corrected chi connectivity index (χ1v) is 25.5. The summed E-state index contributed by atoms with van der Waals surface area (Å²) in [5, 5.41) is 11.8. The van der Waals surface area contributed by atoms with E-state index in [0.717, 1.165) is 89.1 Å². The zero-order chi connectivity index (χ0) is 48.9. The summed E-state index contributed by atoms with van der Waals surface area (Å²) in [6, 6.07) is 85.2. The zero-order valence-corrected chi connectivity index (χ0v) is 40.6. The highest BCUT2D eigenvalue weighted by molar-refractivity contribution is 6.24. The number of rotatable bonds is 6. The number of hydrogen-bond acceptors (Lipinski definition) is 3. The van der Waals surface area contributed by atoms with Crippen LogP contribution in [0.4, 0.5) is 0 Å². The molecule has 0 fully saturated rings. The Bertz CT molecular complexity index is 4680. The second kappa shape index (κ2) is 16.8. The lowest BCUT2D eigenvalue weighted by Crippen LogP contribution is -2.17. The molecule has 5 nitrogen and oxygen atoms in total. The molecule has 15 rings (SSSR count). The third-order valence-electron chi connectivity index (χ3n) is 15.4. The number of furan rings is 1. The van der Waals surface area contributed by atoms with Crippen LogP contribution >= 0.6 is 0 Å². The summed E-state index contributed by atoms with van der Waals surface area (Å²) in [6.45, 7) is 2.31. The number of nitrogens with zero attached hydrogens (tertiary/aromatic N) is 4. The van der Waals surface area contributed by atoms with E-state index in [1.165, 1.54) is 48.6 Å². The SMILES string of the molecule is CC1C/C=C(c2cc3c(cc2-n2c4cc5ccccc5cc4c4c5ccccc5ccc42)oc2ccccc23)/N=C(c2ccc(-c3ccccc3)cc2)\N=C/1c1ccc2c3ccccc3n(-c3ccccc3)c2c1. The lowest BCUT2D eigenvalue weighted by molar-refractivity contribution is 0.668. The number of aliphatic imine (C=N–C) groups is 2. The van der Waals surface area contributed by atoms with Gasteiger partial charge in [0, 0.05) is 61.1 Å². The monoisotopic (exact) mass is 946 g/mol. The summed E-state index contributed by atoms with van der Waals surface area (Å²) in [5.41, 5.74) is 15.5. The van der Waals surface area contributed by atoms with E-state index in [2.05, 4.69) is 253 Å². The summed E-state index contributed by atoms with van der Waals surface area (Å²) in [7, 11) is 0. The molecule has 74 heavy (non-hydrogen) atoms. The second-order valence-electron chi connectivity index (χ2n) is 19.7. The van der Waals surface area contributed by atoms with Crippen molar-refractivity contribution in [3.05, 3.63) is 259 Å². The molecule has 0 radical (unpaired) electrons. The van der Waals surface area contributed by atoms with Crippen LogP contribution in [0.3, 0.4) is 0 Å². The molecule has 11 aromatic carbocycles. The molecule has 348 valence electrons. The minimum absolute atomic E-state index is 0.0269. The van der Waals surface area contributed by atoms with Crippen molar-refractivity contribution in [2.24, 2.45) is 15.9 Å². The van der Waals surface area contributed by atoms with Crippen LogP contribution < -0.4 is 0 Å². The Hall–Kier alpha value is -9.58. The van der Waals surface area contributed by atoms with Crippen LogP contribution in [0.25, 0.3) is 115 Å². The second-order valence-corrected chi connectivity index (χ2v) is 19.7. The normalized spacial score (nSPS) is 16.4. The molecule has 4 heterocycles. The van der Waals surface area contributed by atoms with E-state index in [4.69, 9.17) is 14.4 Å². The largest absolute Gasteiger partial charge is 0.456 e. The summed E-state index contributed by atoms with van der Waals surface area (Å²) < 4.78 is 11.6. The van der Waals surface area contributed by atoms with E-state index < -0.39 is 0 Å². The molecule has 1 aliphatic rings. The molecule has 0 saturated heterocycles. The van der Waals surface area contributed by atoms with Crippen LogP contribution in [0.15, 0.2) is 257 Å². The maximum atomic E-state index is 6.76. The van der Waals surface area contributed by atoms with Crippen molar-refractivity contribution in [3.8, 4) is 22.5 Å². The van der Waals surface area contributed by atoms with E-state index in [-0.39, 0.29) is 5.92 Å². The Balaban J connectivity index is 0.994. The molecule has 5 heteroatoms. The van der Waals surface area contributed by atoms with Gasteiger partial charge < -0.3 is 13.6 Å². The fourth-order valence-electron chi connectivity index (χ4n) is 11.8. The Morgan fingerprint density at radius 3 is 1.86 bits per heavy atom. The van der Waals surface area contributed by atoms with Crippen molar-refractivity contribution >= 4 is 104 Å². The molecule has 0 aliphatic carbocycles. The van der Waals surface area contributed by atoms with Crippen LogP contribution in [0, 0.1) is 5.92 Å². The highest BCUT2D eigenvalue weighted by Gasteiger charge is 2.25. The number of hydrogen-bond donors (Lipinski definition) is 0. The van der Waals surface area contributed by atoms with Gasteiger partial charge in [-0.1, -0.05) is 189 Å². The molecule has 14 aromatic rings. The quantitative estimate of drug-likeness (QED) is 0.164. The van der Waals surface area contributed by atoms with Gasteiger partial charge in [0.2, 0.25) is 0 Å². The maximum absolute atomic E-state index is 6.76. The minimum atomic E-state index is 0.0269. The van der Waals surface area contributed by atoms with E-state index >= 15 is 0 Å². The first-order valence-electron chi connectivity index (χ1n) is 25.5. The predicted octanol–water partition coefficient (Wildman–Crippen LogP) is 18.1. The Labute approximate surface area is 426 Å². The molecular formula is C69H46N4O. The molecule has 1 atom stereocenters. The highest BCUT2D eigenvalue weighted by Crippen LogP contribution is 2.44. The van der Waals surface area contributed by atoms with Gasteiger partial charge in [0.15, 0.2) is 5.84 Å². The lowest BCUT2D eigenvalue weighted by atomic mass is 9.92. The number of fused-ring (bicyclic) bond motifs is 12.